The summed E-state index contributed by atoms with van der Waals surface area (Å²) in [6.07, 6.45) is 2.80. The third-order valence-corrected chi connectivity index (χ3v) is 6.79. The quantitative estimate of drug-likeness (QED) is 0.667. The van der Waals surface area contributed by atoms with Crippen molar-refractivity contribution in [1.82, 2.24) is 10.0 Å². The average Bonchev–Trinajstić information content (AvgIpc) is 3.21. The van der Waals surface area contributed by atoms with Crippen molar-refractivity contribution in [2.45, 2.75) is 31.7 Å². The normalized spacial score (nSPS) is 26.9. The van der Waals surface area contributed by atoms with Crippen LogP contribution in [0.5, 0.6) is 5.75 Å². The molecule has 2 fully saturated rings. The summed E-state index contributed by atoms with van der Waals surface area (Å²) in [5, 5.41) is 13.7. The molecule has 3 N–H and O–H groups in total. The first-order valence-corrected chi connectivity index (χ1v) is 10.5. The second-order valence-corrected chi connectivity index (χ2v) is 8.91. The Bertz CT molecular complexity index is 870. The lowest BCUT2D eigenvalue weighted by Gasteiger charge is -2.29. The Balaban J connectivity index is 1.58. The summed E-state index contributed by atoms with van der Waals surface area (Å²) in [6.45, 7) is 1.76. The molecule has 1 aromatic rings. The lowest BCUT2D eigenvalue weighted by molar-refractivity contribution is -0.117. The Labute approximate surface area is 156 Å². The SMILES string of the molecule is O=C1CN(c2c(O)cc3c(c2F)C[C@H](NCC2CCOC2)CC3)S(=O)(=O)N1. The number of halogens is 1. The minimum absolute atomic E-state index is 0.0694. The van der Waals surface area contributed by atoms with E-state index in [2.05, 4.69) is 5.32 Å². The van der Waals surface area contributed by atoms with Crippen molar-refractivity contribution in [3.63, 3.8) is 0 Å². The first-order chi connectivity index (χ1) is 12.8. The number of benzene rings is 1. The maximum absolute atomic E-state index is 15.2. The van der Waals surface area contributed by atoms with Crippen molar-refractivity contribution >= 4 is 21.8 Å². The number of amides is 1. The van der Waals surface area contributed by atoms with Crippen molar-refractivity contribution in [3.05, 3.63) is 23.0 Å². The number of rotatable bonds is 4. The fourth-order valence-electron chi connectivity index (χ4n) is 3.97. The van der Waals surface area contributed by atoms with Gasteiger partial charge in [-0.25, -0.2) is 13.4 Å². The number of nitrogens with zero attached hydrogens (tertiary/aromatic N) is 1. The van der Waals surface area contributed by atoms with E-state index in [1.165, 1.54) is 6.07 Å². The predicted molar refractivity (Wildman–Crippen MR) is 95.2 cm³/mol. The summed E-state index contributed by atoms with van der Waals surface area (Å²) < 4.78 is 47.0. The van der Waals surface area contributed by atoms with Crippen LogP contribution in [0, 0.1) is 11.7 Å². The number of aryl methyl sites for hydroxylation is 1. The van der Waals surface area contributed by atoms with Gasteiger partial charge in [-0.15, -0.1) is 0 Å². The monoisotopic (exact) mass is 399 g/mol. The number of phenols is 1. The van der Waals surface area contributed by atoms with Gasteiger partial charge < -0.3 is 15.2 Å². The Morgan fingerprint density at radius 2 is 2.22 bits per heavy atom. The van der Waals surface area contributed by atoms with E-state index in [1.807, 2.05) is 0 Å². The molecule has 0 aromatic heterocycles. The molecule has 2 atom stereocenters. The lowest BCUT2D eigenvalue weighted by atomic mass is 9.87. The molecule has 1 amide bonds. The van der Waals surface area contributed by atoms with Crippen molar-refractivity contribution in [3.8, 4) is 5.75 Å². The van der Waals surface area contributed by atoms with E-state index < -0.39 is 39.9 Å². The molecule has 4 rings (SSSR count). The summed E-state index contributed by atoms with van der Waals surface area (Å²) in [6, 6.07) is 1.48. The molecule has 0 bridgehead atoms. The highest BCUT2D eigenvalue weighted by Crippen LogP contribution is 2.39. The molecule has 0 saturated carbocycles. The van der Waals surface area contributed by atoms with Gasteiger partial charge in [-0.3, -0.25) is 4.79 Å². The van der Waals surface area contributed by atoms with Crippen molar-refractivity contribution in [1.29, 1.82) is 0 Å². The summed E-state index contributed by atoms with van der Waals surface area (Å²) in [5.74, 6) is -1.55. The van der Waals surface area contributed by atoms with Gasteiger partial charge >= 0.3 is 10.2 Å². The Kier molecular flexibility index (Phi) is 4.73. The van der Waals surface area contributed by atoms with Gasteiger partial charge in [0.05, 0.1) is 6.61 Å². The van der Waals surface area contributed by atoms with E-state index in [1.54, 1.807) is 4.72 Å². The first kappa shape index (κ1) is 18.5. The largest absolute Gasteiger partial charge is 0.506 e. The molecule has 1 aliphatic carbocycles. The second kappa shape index (κ2) is 6.92. The van der Waals surface area contributed by atoms with Crippen molar-refractivity contribution in [2.75, 3.05) is 30.6 Å². The summed E-state index contributed by atoms with van der Waals surface area (Å²) in [7, 11) is -4.19. The molecule has 8 nitrogen and oxygen atoms in total. The van der Waals surface area contributed by atoms with Gasteiger partial charge in [0.2, 0.25) is 0 Å². The van der Waals surface area contributed by atoms with Crippen LogP contribution in [0.3, 0.4) is 0 Å². The lowest BCUT2D eigenvalue weighted by Crippen LogP contribution is -2.38. The number of fused-ring (bicyclic) bond motifs is 1. The molecule has 2 saturated heterocycles. The zero-order valence-corrected chi connectivity index (χ0v) is 15.5. The first-order valence-electron chi connectivity index (χ1n) is 9.03. The summed E-state index contributed by atoms with van der Waals surface area (Å²) in [5.41, 5.74) is 0.604. The van der Waals surface area contributed by atoms with Crippen LogP contribution in [0.4, 0.5) is 10.1 Å². The van der Waals surface area contributed by atoms with Crippen LogP contribution in [0.15, 0.2) is 6.07 Å². The highest BCUT2D eigenvalue weighted by atomic mass is 32.2. The van der Waals surface area contributed by atoms with Crippen LogP contribution in [0.1, 0.15) is 24.0 Å². The van der Waals surface area contributed by atoms with Crippen LogP contribution in [-0.2, 0) is 32.6 Å². The third kappa shape index (κ3) is 3.48. The molecule has 10 heteroatoms. The molecule has 27 heavy (non-hydrogen) atoms. The molecule has 0 spiro atoms. The van der Waals surface area contributed by atoms with Gasteiger partial charge in [-0.2, -0.15) is 8.42 Å². The van der Waals surface area contributed by atoms with Gasteiger partial charge in [0, 0.05) is 19.2 Å². The summed E-state index contributed by atoms with van der Waals surface area (Å²) in [4.78, 5) is 11.5. The molecule has 0 radical (unpaired) electrons. The van der Waals surface area contributed by atoms with E-state index in [-0.39, 0.29) is 6.04 Å². The van der Waals surface area contributed by atoms with Gasteiger partial charge in [0.1, 0.15) is 18.0 Å². The standard InChI is InChI=1S/C17H22FN3O5S/c18-16-13-6-12(19-7-10-3-4-26-9-10)2-1-11(13)5-14(22)17(16)21-8-15(23)20-27(21,24)25/h5,10,12,19,22H,1-4,6-9H2,(H,20,23)/t10?,12-/m1/s1. The maximum Gasteiger partial charge on any atom is 0.326 e. The van der Waals surface area contributed by atoms with Crippen LogP contribution < -0.4 is 14.3 Å². The zero-order valence-electron chi connectivity index (χ0n) is 14.7. The Morgan fingerprint density at radius 1 is 1.41 bits per heavy atom. The Morgan fingerprint density at radius 3 is 2.89 bits per heavy atom. The fourth-order valence-corrected chi connectivity index (χ4v) is 5.14. The number of hydrogen-bond acceptors (Lipinski definition) is 6. The smallest absolute Gasteiger partial charge is 0.326 e. The van der Waals surface area contributed by atoms with Crippen molar-refractivity contribution in [2.24, 2.45) is 5.92 Å². The molecule has 3 aliphatic rings. The van der Waals surface area contributed by atoms with Crippen LogP contribution in [0.2, 0.25) is 0 Å². The van der Waals surface area contributed by atoms with E-state index >= 15 is 4.39 Å². The van der Waals surface area contributed by atoms with Crippen molar-refractivity contribution < 1.29 is 27.4 Å². The predicted octanol–water partition coefficient (Wildman–Crippen LogP) is 0.196. The second-order valence-electron chi connectivity index (χ2n) is 7.31. The molecular weight excluding hydrogens is 377 g/mol. The molecule has 1 aromatic carbocycles. The number of anilines is 1. The van der Waals surface area contributed by atoms with Crippen LogP contribution in [0.25, 0.3) is 0 Å². The average molecular weight is 399 g/mol. The third-order valence-electron chi connectivity index (χ3n) is 5.42. The molecular formula is C17H22FN3O5S. The number of carbonyl (C=O) groups is 1. The minimum Gasteiger partial charge on any atom is -0.506 e. The Hall–Kier alpha value is -1.91. The number of aromatic hydroxyl groups is 1. The minimum atomic E-state index is -4.19. The highest BCUT2D eigenvalue weighted by Gasteiger charge is 2.39. The number of ether oxygens (including phenoxy) is 1. The molecule has 1 unspecified atom stereocenters. The maximum atomic E-state index is 15.2. The molecule has 2 heterocycles. The number of nitrogens with one attached hydrogen (secondary N) is 2. The van der Waals surface area contributed by atoms with Gasteiger partial charge in [-0.05, 0) is 48.8 Å². The van der Waals surface area contributed by atoms with Gasteiger partial charge in [0.15, 0.2) is 5.82 Å². The van der Waals surface area contributed by atoms with E-state index in [0.717, 1.165) is 32.6 Å². The zero-order chi connectivity index (χ0) is 19.2. The highest BCUT2D eigenvalue weighted by molar-refractivity contribution is 7.92. The van der Waals surface area contributed by atoms with Gasteiger partial charge in [0.25, 0.3) is 5.91 Å². The van der Waals surface area contributed by atoms with Crippen LogP contribution in [-0.4, -0.2) is 51.8 Å². The topological polar surface area (TPSA) is 108 Å². The summed E-state index contributed by atoms with van der Waals surface area (Å²) >= 11 is 0. The molecule has 2 aliphatic heterocycles. The van der Waals surface area contributed by atoms with Crippen LogP contribution >= 0.6 is 0 Å². The van der Waals surface area contributed by atoms with Gasteiger partial charge in [-0.1, -0.05) is 0 Å². The van der Waals surface area contributed by atoms with E-state index in [4.69, 9.17) is 4.74 Å². The number of carbonyl (C=O) groups excluding carboxylic acids is 1. The van der Waals surface area contributed by atoms with E-state index in [9.17, 15) is 18.3 Å². The fraction of sp³-hybridized carbons (Fsp3) is 0.588. The van der Waals surface area contributed by atoms with E-state index in [0.29, 0.717) is 34.2 Å². The number of phenolic OH excluding ortho intramolecular Hbond substituents is 1. The number of hydrogen-bond donors (Lipinski definition) is 3. The molecule has 148 valence electrons.